The van der Waals surface area contributed by atoms with Crippen LogP contribution in [0, 0.1) is 6.92 Å². The van der Waals surface area contributed by atoms with Gasteiger partial charge in [0.05, 0.1) is 5.02 Å². The Balaban J connectivity index is 1.76. The topological polar surface area (TPSA) is 71.3 Å². The lowest BCUT2D eigenvalue weighted by molar-refractivity contribution is 0.0910. The molecule has 2 N–H and O–H groups in total. The Bertz CT molecular complexity index is 1040. The molecule has 3 rings (SSSR count). The Kier molecular flexibility index (Phi) is 5.47. The molecule has 0 saturated carbocycles. The first-order valence-electron chi connectivity index (χ1n) is 9.13. The van der Waals surface area contributed by atoms with Crippen molar-refractivity contribution in [1.29, 1.82) is 0 Å². The van der Waals surface area contributed by atoms with Crippen LogP contribution in [0.3, 0.4) is 0 Å². The molecular weight excluding hydrogens is 376 g/mol. The normalized spacial score (nSPS) is 11.5. The second-order valence-corrected chi connectivity index (χ2v) is 7.80. The minimum atomic E-state index is -0.367. The van der Waals surface area contributed by atoms with Crippen molar-refractivity contribution in [2.24, 2.45) is 0 Å². The minimum absolute atomic E-state index is 0.146. The van der Waals surface area contributed by atoms with Gasteiger partial charge in [-0.15, -0.1) is 0 Å². The highest BCUT2D eigenvalue weighted by atomic mass is 35.5. The highest BCUT2D eigenvalue weighted by molar-refractivity contribution is 6.35. The number of anilines is 1. The molecule has 0 atom stereocenters. The van der Waals surface area contributed by atoms with E-state index in [0.717, 1.165) is 17.4 Å². The summed E-state index contributed by atoms with van der Waals surface area (Å²) >= 11 is 6.15. The van der Waals surface area contributed by atoms with E-state index in [1.807, 2.05) is 39.8 Å². The van der Waals surface area contributed by atoms with Gasteiger partial charge in [-0.2, -0.15) is 0 Å². The van der Waals surface area contributed by atoms with Gasteiger partial charge in [-0.1, -0.05) is 30.7 Å². The second kappa shape index (κ2) is 7.68. The predicted octanol–water partition coefficient (Wildman–Crippen LogP) is 5.57. The van der Waals surface area contributed by atoms with E-state index in [4.69, 9.17) is 16.0 Å². The maximum atomic E-state index is 12.6. The number of aryl methyl sites for hydroxylation is 1. The molecule has 5 nitrogen and oxygen atoms in total. The third-order valence-electron chi connectivity index (χ3n) is 4.86. The Hall–Kier alpha value is -2.79. The van der Waals surface area contributed by atoms with Crippen LogP contribution in [0.1, 0.15) is 53.7 Å². The van der Waals surface area contributed by atoms with E-state index in [1.165, 1.54) is 0 Å². The lowest BCUT2D eigenvalue weighted by Gasteiger charge is -2.24. The molecule has 0 saturated heterocycles. The molecule has 6 heteroatoms. The smallest absolute Gasteiger partial charge is 0.291 e. The van der Waals surface area contributed by atoms with E-state index in [9.17, 15) is 9.59 Å². The molecule has 0 bridgehead atoms. The van der Waals surface area contributed by atoms with E-state index < -0.39 is 0 Å². The van der Waals surface area contributed by atoms with Gasteiger partial charge >= 0.3 is 0 Å². The summed E-state index contributed by atoms with van der Waals surface area (Å²) in [5.41, 5.74) is 2.06. The fourth-order valence-corrected chi connectivity index (χ4v) is 3.00. The largest absolute Gasteiger partial charge is 0.449 e. The lowest BCUT2D eigenvalue weighted by atomic mass is 10.0. The SMILES string of the molecule is CCC(C)(C)NC(=O)c1ccc(NC(=O)c2oc3c(Cl)cccc3c2C)cc1. The van der Waals surface area contributed by atoms with E-state index >= 15 is 0 Å². The number of hydrogen-bond donors (Lipinski definition) is 2. The van der Waals surface area contributed by atoms with Crippen molar-refractivity contribution in [1.82, 2.24) is 5.32 Å². The molecule has 3 aromatic rings. The number of para-hydroxylation sites is 1. The third-order valence-corrected chi connectivity index (χ3v) is 5.16. The van der Waals surface area contributed by atoms with Gasteiger partial charge in [0.15, 0.2) is 11.3 Å². The fourth-order valence-electron chi connectivity index (χ4n) is 2.79. The van der Waals surface area contributed by atoms with Gasteiger partial charge in [-0.3, -0.25) is 9.59 Å². The number of furan rings is 1. The van der Waals surface area contributed by atoms with Gasteiger partial charge in [-0.05, 0) is 57.5 Å². The Morgan fingerprint density at radius 3 is 2.36 bits per heavy atom. The van der Waals surface area contributed by atoms with Gasteiger partial charge in [-0.25, -0.2) is 0 Å². The molecule has 2 amide bonds. The first-order valence-corrected chi connectivity index (χ1v) is 9.51. The summed E-state index contributed by atoms with van der Waals surface area (Å²) in [6.07, 6.45) is 0.827. The van der Waals surface area contributed by atoms with Crippen LogP contribution in [-0.4, -0.2) is 17.4 Å². The number of rotatable bonds is 5. The number of carbonyl (C=O) groups is 2. The average Bonchev–Trinajstić information content (AvgIpc) is 3.00. The molecule has 146 valence electrons. The zero-order valence-corrected chi connectivity index (χ0v) is 17.1. The average molecular weight is 399 g/mol. The quantitative estimate of drug-likeness (QED) is 0.590. The van der Waals surface area contributed by atoms with Gasteiger partial charge in [0.25, 0.3) is 11.8 Å². The van der Waals surface area contributed by atoms with Crippen molar-refractivity contribution in [3.8, 4) is 0 Å². The molecule has 0 radical (unpaired) electrons. The van der Waals surface area contributed by atoms with Crippen LogP contribution in [0.15, 0.2) is 46.9 Å². The molecule has 0 aliphatic rings. The zero-order valence-electron chi connectivity index (χ0n) is 16.4. The van der Waals surface area contributed by atoms with Crippen LogP contribution in [0.2, 0.25) is 5.02 Å². The van der Waals surface area contributed by atoms with Crippen molar-refractivity contribution in [3.05, 3.63) is 64.4 Å². The number of benzene rings is 2. The summed E-state index contributed by atoms with van der Waals surface area (Å²) in [5.74, 6) is -0.295. The summed E-state index contributed by atoms with van der Waals surface area (Å²) in [6, 6.07) is 12.1. The number of carbonyl (C=O) groups excluding carboxylic acids is 2. The van der Waals surface area contributed by atoms with E-state index in [-0.39, 0.29) is 23.1 Å². The number of halogens is 1. The van der Waals surface area contributed by atoms with E-state index in [2.05, 4.69) is 10.6 Å². The fraction of sp³-hybridized carbons (Fsp3) is 0.273. The van der Waals surface area contributed by atoms with Crippen molar-refractivity contribution in [2.45, 2.75) is 39.7 Å². The number of amides is 2. The zero-order chi connectivity index (χ0) is 20.5. The van der Waals surface area contributed by atoms with Crippen molar-refractivity contribution in [2.75, 3.05) is 5.32 Å². The molecule has 0 aliphatic heterocycles. The highest BCUT2D eigenvalue weighted by Gasteiger charge is 2.20. The maximum Gasteiger partial charge on any atom is 0.291 e. The van der Waals surface area contributed by atoms with Crippen molar-refractivity contribution >= 4 is 40.1 Å². The molecule has 0 spiro atoms. The molecule has 1 heterocycles. The van der Waals surface area contributed by atoms with Gasteiger partial charge in [0.1, 0.15) is 0 Å². The first kappa shape index (κ1) is 20.0. The maximum absolute atomic E-state index is 12.6. The number of hydrogen-bond acceptors (Lipinski definition) is 3. The van der Waals surface area contributed by atoms with E-state index in [0.29, 0.717) is 21.9 Å². The molecule has 0 fully saturated rings. The first-order chi connectivity index (χ1) is 13.2. The Morgan fingerprint density at radius 2 is 1.75 bits per heavy atom. The van der Waals surface area contributed by atoms with Gasteiger partial charge in [0.2, 0.25) is 0 Å². The standard InChI is InChI=1S/C22H23ClN2O3/c1-5-22(3,4)25-20(26)14-9-11-15(12-10-14)24-21(27)18-13(2)16-7-6-8-17(23)19(16)28-18/h6-12H,5H2,1-4H3,(H,24,27)(H,25,26). The van der Waals surface area contributed by atoms with Crippen LogP contribution in [0.5, 0.6) is 0 Å². The van der Waals surface area contributed by atoms with Crippen molar-refractivity contribution < 1.29 is 14.0 Å². The van der Waals surface area contributed by atoms with Crippen LogP contribution in [0.25, 0.3) is 11.0 Å². The minimum Gasteiger partial charge on any atom is -0.449 e. The second-order valence-electron chi connectivity index (χ2n) is 7.40. The monoisotopic (exact) mass is 398 g/mol. The van der Waals surface area contributed by atoms with Crippen molar-refractivity contribution in [3.63, 3.8) is 0 Å². The van der Waals surface area contributed by atoms with Crippen LogP contribution in [-0.2, 0) is 0 Å². The van der Waals surface area contributed by atoms with Crippen LogP contribution >= 0.6 is 11.6 Å². The number of fused-ring (bicyclic) bond motifs is 1. The van der Waals surface area contributed by atoms with E-state index in [1.54, 1.807) is 30.3 Å². The predicted molar refractivity (Wildman–Crippen MR) is 112 cm³/mol. The molecule has 2 aromatic carbocycles. The molecule has 1 aromatic heterocycles. The summed E-state index contributed by atoms with van der Waals surface area (Å²) in [5, 5.41) is 7.05. The molecular formula is C22H23ClN2O3. The summed E-state index contributed by atoms with van der Waals surface area (Å²) < 4.78 is 5.68. The summed E-state index contributed by atoms with van der Waals surface area (Å²) in [6.45, 7) is 7.79. The summed E-state index contributed by atoms with van der Waals surface area (Å²) in [7, 11) is 0. The molecule has 0 aliphatic carbocycles. The lowest BCUT2D eigenvalue weighted by Crippen LogP contribution is -2.42. The highest BCUT2D eigenvalue weighted by Crippen LogP contribution is 2.31. The number of nitrogens with one attached hydrogen (secondary N) is 2. The third kappa shape index (κ3) is 4.04. The van der Waals surface area contributed by atoms with Crippen LogP contribution in [0.4, 0.5) is 5.69 Å². The summed E-state index contributed by atoms with van der Waals surface area (Å²) in [4.78, 5) is 25.0. The van der Waals surface area contributed by atoms with Gasteiger partial charge < -0.3 is 15.1 Å². The molecule has 28 heavy (non-hydrogen) atoms. The van der Waals surface area contributed by atoms with Crippen LogP contribution < -0.4 is 10.6 Å². The Morgan fingerprint density at radius 1 is 1.07 bits per heavy atom. The molecule has 0 unspecified atom stereocenters. The Labute approximate surface area is 169 Å². The van der Waals surface area contributed by atoms with Gasteiger partial charge in [0, 0.05) is 27.7 Å².